The van der Waals surface area contributed by atoms with Gasteiger partial charge in [0.2, 0.25) is 5.91 Å². The van der Waals surface area contributed by atoms with Crippen molar-refractivity contribution in [1.82, 2.24) is 14.8 Å². The normalized spacial score (nSPS) is 15.0. The fourth-order valence-corrected chi connectivity index (χ4v) is 4.40. The highest BCUT2D eigenvalue weighted by atomic mass is 32.2. The first kappa shape index (κ1) is 20.6. The maximum Gasteiger partial charge on any atom is 0.234 e. The average molecular weight is 399 g/mol. The summed E-state index contributed by atoms with van der Waals surface area (Å²) in [6, 6.07) is 8.04. The lowest BCUT2D eigenvalue weighted by molar-refractivity contribution is -0.113. The highest BCUT2D eigenvalue weighted by molar-refractivity contribution is 7.99. The van der Waals surface area contributed by atoms with Crippen LogP contribution in [0.4, 0.5) is 5.69 Å². The number of amides is 1. The molecular formula is C22H30N4OS. The first-order valence-corrected chi connectivity index (χ1v) is 11.1. The Balaban J connectivity index is 1.60. The van der Waals surface area contributed by atoms with Crippen molar-refractivity contribution >= 4 is 23.4 Å². The molecule has 1 amide bonds. The van der Waals surface area contributed by atoms with E-state index in [0.717, 1.165) is 16.7 Å². The van der Waals surface area contributed by atoms with Crippen molar-refractivity contribution in [1.29, 1.82) is 0 Å². The summed E-state index contributed by atoms with van der Waals surface area (Å²) < 4.78 is 2.12. The molecule has 1 aliphatic rings. The fourth-order valence-electron chi connectivity index (χ4n) is 3.65. The van der Waals surface area contributed by atoms with Crippen molar-refractivity contribution in [3.63, 3.8) is 0 Å². The number of allylic oxidation sites excluding steroid dienone is 1. The minimum absolute atomic E-state index is 0.0327. The Morgan fingerprint density at radius 1 is 1.25 bits per heavy atom. The Bertz CT molecular complexity index is 791. The first-order chi connectivity index (χ1) is 13.6. The number of thioether (sulfide) groups is 1. The molecule has 3 rings (SSSR count). The topological polar surface area (TPSA) is 59.8 Å². The minimum atomic E-state index is -0.0327. The number of hydrogen-bond acceptors (Lipinski definition) is 4. The largest absolute Gasteiger partial charge is 0.325 e. The molecule has 28 heavy (non-hydrogen) atoms. The summed E-state index contributed by atoms with van der Waals surface area (Å²) in [7, 11) is 0. The Labute approximate surface area is 172 Å². The molecule has 0 saturated heterocycles. The van der Waals surface area contributed by atoms with E-state index in [2.05, 4.69) is 52.6 Å². The van der Waals surface area contributed by atoms with Gasteiger partial charge in [0.25, 0.3) is 0 Å². The second-order valence-corrected chi connectivity index (χ2v) is 8.63. The Morgan fingerprint density at radius 3 is 2.61 bits per heavy atom. The number of carbonyl (C=O) groups is 1. The van der Waals surface area contributed by atoms with Crippen LogP contribution in [0.1, 0.15) is 69.2 Å². The molecule has 1 aliphatic carbocycles. The second-order valence-electron chi connectivity index (χ2n) is 7.69. The van der Waals surface area contributed by atoms with Gasteiger partial charge in [0.15, 0.2) is 5.16 Å². The number of carbonyl (C=O) groups excluding carboxylic acids is 1. The minimum Gasteiger partial charge on any atom is -0.325 e. The van der Waals surface area contributed by atoms with Crippen molar-refractivity contribution < 1.29 is 4.79 Å². The van der Waals surface area contributed by atoms with Crippen LogP contribution in [-0.2, 0) is 11.3 Å². The molecule has 1 N–H and O–H groups in total. The van der Waals surface area contributed by atoms with Gasteiger partial charge in [-0.15, -0.1) is 16.8 Å². The maximum absolute atomic E-state index is 12.4. The molecule has 1 fully saturated rings. The quantitative estimate of drug-likeness (QED) is 0.480. The average Bonchev–Trinajstić information content (AvgIpc) is 3.10. The predicted molar refractivity (Wildman–Crippen MR) is 116 cm³/mol. The van der Waals surface area contributed by atoms with Crippen LogP contribution in [0.2, 0.25) is 0 Å². The zero-order valence-corrected chi connectivity index (χ0v) is 17.7. The van der Waals surface area contributed by atoms with Gasteiger partial charge in [0.1, 0.15) is 5.82 Å². The molecule has 2 aromatic rings. The molecular weight excluding hydrogens is 368 g/mol. The van der Waals surface area contributed by atoms with Crippen molar-refractivity contribution in [2.24, 2.45) is 0 Å². The third-order valence-corrected chi connectivity index (χ3v) is 6.19. The van der Waals surface area contributed by atoms with E-state index in [1.54, 1.807) is 0 Å². The summed E-state index contributed by atoms with van der Waals surface area (Å²) >= 11 is 1.44. The van der Waals surface area contributed by atoms with Gasteiger partial charge in [-0.2, -0.15) is 0 Å². The van der Waals surface area contributed by atoms with Crippen molar-refractivity contribution in [2.75, 3.05) is 11.1 Å². The number of benzene rings is 1. The van der Waals surface area contributed by atoms with Crippen LogP contribution < -0.4 is 5.32 Å². The number of anilines is 1. The van der Waals surface area contributed by atoms with Crippen molar-refractivity contribution in [2.45, 2.75) is 69.5 Å². The van der Waals surface area contributed by atoms with Gasteiger partial charge in [-0.1, -0.05) is 63.1 Å². The summed E-state index contributed by atoms with van der Waals surface area (Å²) in [5, 5.41) is 12.6. The van der Waals surface area contributed by atoms with Crippen LogP contribution in [0.3, 0.4) is 0 Å². The summed E-state index contributed by atoms with van der Waals surface area (Å²) in [6.07, 6.45) is 8.04. The Hall–Kier alpha value is -2.08. The summed E-state index contributed by atoms with van der Waals surface area (Å²) in [4.78, 5) is 12.4. The van der Waals surface area contributed by atoms with Crippen LogP contribution in [0, 0.1) is 0 Å². The number of hydrogen-bond donors (Lipinski definition) is 1. The lowest BCUT2D eigenvalue weighted by Gasteiger charge is -2.21. The zero-order valence-electron chi connectivity index (χ0n) is 16.9. The molecule has 1 heterocycles. The van der Waals surface area contributed by atoms with E-state index in [0.29, 0.717) is 24.1 Å². The summed E-state index contributed by atoms with van der Waals surface area (Å²) in [6.45, 7) is 8.86. The Kier molecular flexibility index (Phi) is 7.31. The van der Waals surface area contributed by atoms with Gasteiger partial charge in [0.05, 0.1) is 5.75 Å². The zero-order chi connectivity index (χ0) is 19.9. The van der Waals surface area contributed by atoms with Crippen LogP contribution in [0.5, 0.6) is 0 Å². The lowest BCUT2D eigenvalue weighted by atomic mass is 9.89. The molecule has 5 nitrogen and oxygen atoms in total. The smallest absolute Gasteiger partial charge is 0.234 e. The first-order valence-electron chi connectivity index (χ1n) is 10.1. The van der Waals surface area contributed by atoms with Crippen LogP contribution in [-0.4, -0.2) is 26.4 Å². The molecule has 1 aromatic heterocycles. The van der Waals surface area contributed by atoms with Gasteiger partial charge in [-0.25, -0.2) is 0 Å². The summed E-state index contributed by atoms with van der Waals surface area (Å²) in [5.41, 5.74) is 2.09. The van der Waals surface area contributed by atoms with Gasteiger partial charge in [-0.05, 0) is 36.5 Å². The van der Waals surface area contributed by atoms with Crippen LogP contribution in [0.25, 0.3) is 0 Å². The maximum atomic E-state index is 12.4. The SMILES string of the molecule is C=CCn1c(SCC(=O)Nc2ccc(C(C)C)cc2)nnc1C1CCCCC1. The van der Waals surface area contributed by atoms with Crippen LogP contribution >= 0.6 is 11.8 Å². The summed E-state index contributed by atoms with van der Waals surface area (Å²) in [5.74, 6) is 2.28. The van der Waals surface area contributed by atoms with Gasteiger partial charge < -0.3 is 9.88 Å². The third-order valence-electron chi connectivity index (χ3n) is 5.22. The molecule has 0 aliphatic heterocycles. The van der Waals surface area contributed by atoms with Gasteiger partial charge in [-0.3, -0.25) is 4.79 Å². The van der Waals surface area contributed by atoms with E-state index < -0.39 is 0 Å². The molecule has 0 unspecified atom stereocenters. The molecule has 0 atom stereocenters. The van der Waals surface area contributed by atoms with Gasteiger partial charge in [0, 0.05) is 18.2 Å². The van der Waals surface area contributed by atoms with E-state index in [1.807, 2.05) is 18.2 Å². The van der Waals surface area contributed by atoms with E-state index in [-0.39, 0.29) is 5.91 Å². The molecule has 0 spiro atoms. The number of nitrogens with one attached hydrogen (secondary N) is 1. The second kappa shape index (κ2) is 9.92. The van der Waals surface area contributed by atoms with E-state index >= 15 is 0 Å². The van der Waals surface area contributed by atoms with Crippen molar-refractivity contribution in [3.8, 4) is 0 Å². The lowest BCUT2D eigenvalue weighted by Crippen LogP contribution is -2.15. The molecule has 1 aromatic carbocycles. The molecule has 150 valence electrons. The number of nitrogens with zero attached hydrogens (tertiary/aromatic N) is 3. The number of rotatable bonds is 8. The monoisotopic (exact) mass is 398 g/mol. The van der Waals surface area contributed by atoms with Gasteiger partial charge >= 0.3 is 0 Å². The van der Waals surface area contributed by atoms with Crippen molar-refractivity contribution in [3.05, 3.63) is 48.3 Å². The fraction of sp³-hybridized carbons (Fsp3) is 0.500. The van der Waals surface area contributed by atoms with Crippen LogP contribution in [0.15, 0.2) is 42.1 Å². The molecule has 0 radical (unpaired) electrons. The standard InChI is InChI=1S/C22H30N4OS/c1-4-14-26-21(18-8-6-5-7-9-18)24-25-22(26)28-15-20(27)23-19-12-10-17(11-13-19)16(2)3/h4,10-13,16,18H,1,5-9,14-15H2,2-3H3,(H,23,27). The van der Waals surface area contributed by atoms with E-state index in [4.69, 9.17) is 0 Å². The highest BCUT2D eigenvalue weighted by Gasteiger charge is 2.23. The third kappa shape index (κ3) is 5.25. The van der Waals surface area contributed by atoms with E-state index in [1.165, 1.54) is 49.4 Å². The highest BCUT2D eigenvalue weighted by Crippen LogP contribution is 2.33. The number of aromatic nitrogens is 3. The molecule has 6 heteroatoms. The predicted octanol–water partition coefficient (Wildman–Crippen LogP) is 5.37. The molecule has 1 saturated carbocycles. The molecule has 0 bridgehead atoms. The Morgan fingerprint density at radius 2 is 1.96 bits per heavy atom. The van der Waals surface area contributed by atoms with E-state index in [9.17, 15) is 4.79 Å².